The molecule has 1 aromatic carbocycles. The van der Waals surface area contributed by atoms with Gasteiger partial charge in [0.05, 0.1) is 12.8 Å². The molecule has 0 spiro atoms. The van der Waals surface area contributed by atoms with Gasteiger partial charge in [-0.25, -0.2) is 4.98 Å². The second kappa shape index (κ2) is 8.73. The molecule has 8 heteroatoms. The zero-order chi connectivity index (χ0) is 19.3. The van der Waals surface area contributed by atoms with E-state index in [1.807, 2.05) is 29.6 Å². The fourth-order valence-electron chi connectivity index (χ4n) is 2.25. The number of halogens is 1. The molecule has 0 atom stereocenters. The summed E-state index contributed by atoms with van der Waals surface area (Å²) in [5.41, 5.74) is -1.12. The molecule has 0 aliphatic rings. The van der Waals surface area contributed by atoms with E-state index >= 15 is 0 Å². The molecule has 2 aromatic heterocycles. The molecule has 2 heterocycles. The number of hydrogen-bond donors (Lipinski definition) is 1. The quantitative estimate of drug-likeness (QED) is 0.536. The van der Waals surface area contributed by atoms with Gasteiger partial charge in [0, 0.05) is 11.3 Å². The largest absolute Gasteiger partial charge is 0.489 e. The highest BCUT2D eigenvalue weighted by molar-refractivity contribution is 7.19. The Labute approximate surface area is 170 Å². The molecule has 0 fully saturated rings. The van der Waals surface area contributed by atoms with E-state index in [1.165, 1.54) is 22.4 Å². The van der Waals surface area contributed by atoms with E-state index < -0.39 is 5.60 Å². The first-order chi connectivity index (χ1) is 12.9. The third kappa shape index (κ3) is 5.45. The van der Waals surface area contributed by atoms with Crippen LogP contribution in [-0.4, -0.2) is 23.1 Å². The number of nitrogens with one attached hydrogen (secondary N) is 1. The molecule has 0 radical (unpaired) electrons. The molecule has 3 aromatic rings. The van der Waals surface area contributed by atoms with Crippen LogP contribution in [0.5, 0.6) is 11.5 Å². The van der Waals surface area contributed by atoms with Gasteiger partial charge in [-0.1, -0.05) is 41.1 Å². The van der Waals surface area contributed by atoms with Gasteiger partial charge in [-0.15, -0.1) is 11.3 Å². The molecule has 0 saturated carbocycles. The maximum absolute atomic E-state index is 12.6. The topological polar surface area (TPSA) is 60.5 Å². The minimum absolute atomic E-state index is 0.318. The van der Waals surface area contributed by atoms with Crippen LogP contribution >= 0.6 is 34.3 Å². The molecule has 27 heavy (non-hydrogen) atoms. The van der Waals surface area contributed by atoms with Gasteiger partial charge >= 0.3 is 0 Å². The van der Waals surface area contributed by atoms with Crippen molar-refractivity contribution in [1.82, 2.24) is 4.98 Å². The van der Waals surface area contributed by atoms with E-state index in [4.69, 9.17) is 21.1 Å². The zero-order valence-corrected chi connectivity index (χ0v) is 17.3. The second-order valence-corrected chi connectivity index (χ2v) is 8.85. The number of aromatic nitrogens is 1. The van der Waals surface area contributed by atoms with Crippen LogP contribution in [0, 0.1) is 0 Å². The SMILES string of the molecule is CC(C)(Oc1ccccc1OCCc1cccs1)C(=O)Nc1ncc(Cl)s1. The maximum atomic E-state index is 12.6. The Hall–Kier alpha value is -2.09. The third-order valence-corrected chi connectivity index (χ3v) is 5.61. The van der Waals surface area contributed by atoms with Crippen molar-refractivity contribution in [2.75, 3.05) is 11.9 Å². The molecule has 0 saturated heterocycles. The molecule has 3 rings (SSSR count). The predicted molar refractivity (Wildman–Crippen MR) is 110 cm³/mol. The van der Waals surface area contributed by atoms with Gasteiger partial charge in [0.2, 0.25) is 0 Å². The average molecular weight is 423 g/mol. The highest BCUT2D eigenvalue weighted by atomic mass is 35.5. The fourth-order valence-corrected chi connectivity index (χ4v) is 3.75. The maximum Gasteiger partial charge on any atom is 0.269 e. The monoisotopic (exact) mass is 422 g/mol. The molecule has 0 aliphatic heterocycles. The summed E-state index contributed by atoms with van der Waals surface area (Å²) in [6.45, 7) is 3.92. The Balaban J connectivity index is 1.63. The summed E-state index contributed by atoms with van der Waals surface area (Å²) in [6, 6.07) is 11.4. The second-order valence-electron chi connectivity index (χ2n) is 6.16. The van der Waals surface area contributed by atoms with Gasteiger partial charge in [-0.3, -0.25) is 10.1 Å². The van der Waals surface area contributed by atoms with Crippen molar-refractivity contribution >= 4 is 45.3 Å². The van der Waals surface area contributed by atoms with Crippen LogP contribution in [0.1, 0.15) is 18.7 Å². The zero-order valence-electron chi connectivity index (χ0n) is 14.9. The summed E-state index contributed by atoms with van der Waals surface area (Å²) in [5.74, 6) is 0.801. The molecular weight excluding hydrogens is 404 g/mol. The Morgan fingerprint density at radius 2 is 2.00 bits per heavy atom. The number of thiophene rings is 1. The number of thiazole rings is 1. The summed E-state index contributed by atoms with van der Waals surface area (Å²) >= 11 is 8.75. The minimum atomic E-state index is -1.12. The molecular formula is C19H19ClN2O3S2. The van der Waals surface area contributed by atoms with Crippen LogP contribution in [0.2, 0.25) is 4.34 Å². The predicted octanol–water partition coefficient (Wildman–Crippen LogP) is 5.28. The number of carbonyl (C=O) groups excluding carboxylic acids is 1. The lowest BCUT2D eigenvalue weighted by atomic mass is 10.1. The van der Waals surface area contributed by atoms with Gasteiger partial charge in [-0.05, 0) is 37.4 Å². The first-order valence-corrected chi connectivity index (χ1v) is 10.4. The Bertz CT molecular complexity index is 894. The number of anilines is 1. The van der Waals surface area contributed by atoms with E-state index in [2.05, 4.69) is 16.4 Å². The van der Waals surface area contributed by atoms with Gasteiger partial charge < -0.3 is 9.47 Å². The number of rotatable bonds is 8. The van der Waals surface area contributed by atoms with E-state index in [0.29, 0.717) is 27.6 Å². The van der Waals surface area contributed by atoms with Crippen LogP contribution in [0.25, 0.3) is 0 Å². The molecule has 0 aliphatic carbocycles. The molecule has 1 amide bonds. The summed E-state index contributed by atoms with van der Waals surface area (Å²) in [6.07, 6.45) is 2.31. The molecule has 0 bridgehead atoms. The van der Waals surface area contributed by atoms with Crippen LogP contribution in [0.15, 0.2) is 48.0 Å². The highest BCUT2D eigenvalue weighted by Crippen LogP contribution is 2.31. The van der Waals surface area contributed by atoms with Gasteiger partial charge in [-0.2, -0.15) is 0 Å². The lowest BCUT2D eigenvalue weighted by Crippen LogP contribution is -2.42. The standard InChI is InChI=1S/C19H19ClN2O3S2/c1-19(2,17(23)22-18-21-12-16(20)27-18)25-15-8-4-3-7-14(15)24-10-9-13-6-5-11-26-13/h3-8,11-12H,9-10H2,1-2H3,(H,21,22,23). The number of amides is 1. The van der Waals surface area contributed by atoms with Crippen molar-refractivity contribution in [2.45, 2.75) is 25.9 Å². The number of nitrogens with zero attached hydrogens (tertiary/aromatic N) is 1. The molecule has 142 valence electrons. The number of carbonyl (C=O) groups is 1. The van der Waals surface area contributed by atoms with Crippen LogP contribution in [0.4, 0.5) is 5.13 Å². The highest BCUT2D eigenvalue weighted by Gasteiger charge is 2.31. The summed E-state index contributed by atoms with van der Waals surface area (Å²) < 4.78 is 12.4. The number of hydrogen-bond acceptors (Lipinski definition) is 6. The fraction of sp³-hybridized carbons (Fsp3) is 0.263. The van der Waals surface area contributed by atoms with Crippen LogP contribution in [0.3, 0.4) is 0 Å². The number of benzene rings is 1. The average Bonchev–Trinajstić information content (AvgIpc) is 3.28. The van der Waals surface area contributed by atoms with Crippen LogP contribution < -0.4 is 14.8 Å². The van der Waals surface area contributed by atoms with Gasteiger partial charge in [0.15, 0.2) is 22.2 Å². The minimum Gasteiger partial charge on any atom is -0.489 e. The van der Waals surface area contributed by atoms with Crippen molar-refractivity contribution in [2.24, 2.45) is 0 Å². The molecule has 0 unspecified atom stereocenters. The van der Waals surface area contributed by atoms with Crippen molar-refractivity contribution in [3.63, 3.8) is 0 Å². The van der Waals surface area contributed by atoms with Crippen molar-refractivity contribution in [1.29, 1.82) is 0 Å². The first-order valence-electron chi connectivity index (χ1n) is 8.30. The van der Waals surface area contributed by atoms with Crippen LogP contribution in [-0.2, 0) is 11.2 Å². The number of ether oxygens (including phenoxy) is 2. The van der Waals surface area contributed by atoms with E-state index in [0.717, 1.165) is 6.42 Å². The van der Waals surface area contributed by atoms with Gasteiger partial charge in [0.25, 0.3) is 5.91 Å². The molecule has 1 N–H and O–H groups in total. The Morgan fingerprint density at radius 1 is 1.22 bits per heavy atom. The van der Waals surface area contributed by atoms with Crippen molar-refractivity contribution in [3.05, 3.63) is 57.2 Å². The smallest absolute Gasteiger partial charge is 0.269 e. The van der Waals surface area contributed by atoms with E-state index in [-0.39, 0.29) is 5.91 Å². The lowest BCUT2D eigenvalue weighted by molar-refractivity contribution is -0.128. The van der Waals surface area contributed by atoms with E-state index in [9.17, 15) is 4.79 Å². The third-order valence-electron chi connectivity index (χ3n) is 3.65. The molecule has 5 nitrogen and oxygen atoms in total. The van der Waals surface area contributed by atoms with Gasteiger partial charge in [0.1, 0.15) is 4.34 Å². The van der Waals surface area contributed by atoms with Crippen molar-refractivity contribution < 1.29 is 14.3 Å². The normalized spacial score (nSPS) is 11.2. The van der Waals surface area contributed by atoms with E-state index in [1.54, 1.807) is 31.3 Å². The summed E-state index contributed by atoms with van der Waals surface area (Å²) in [5, 5.41) is 5.20. The summed E-state index contributed by atoms with van der Waals surface area (Å²) in [4.78, 5) is 17.9. The first kappa shape index (κ1) is 19.7. The number of para-hydroxylation sites is 2. The van der Waals surface area contributed by atoms with Crippen molar-refractivity contribution in [3.8, 4) is 11.5 Å². The Morgan fingerprint density at radius 3 is 2.67 bits per heavy atom. The lowest BCUT2D eigenvalue weighted by Gasteiger charge is -2.26. The summed E-state index contributed by atoms with van der Waals surface area (Å²) in [7, 11) is 0. The Kier molecular flexibility index (Phi) is 6.36.